The number of benzene rings is 1. The molecule has 2 heterocycles. The molecule has 0 spiro atoms. The Hall–Kier alpha value is -2.10. The predicted octanol–water partition coefficient (Wildman–Crippen LogP) is 5.96. The number of fused-ring (bicyclic) bond motifs is 1. The van der Waals surface area contributed by atoms with E-state index in [1.54, 1.807) is 0 Å². The summed E-state index contributed by atoms with van der Waals surface area (Å²) in [7, 11) is 0. The van der Waals surface area contributed by atoms with Gasteiger partial charge in [-0.2, -0.15) is 5.10 Å². The van der Waals surface area contributed by atoms with Crippen molar-refractivity contribution in [3.05, 3.63) is 47.7 Å². The monoisotopic (exact) mass is 403 g/mol. The largest absolute Gasteiger partial charge is 0.363 e. The van der Waals surface area contributed by atoms with Crippen LogP contribution in [0.25, 0.3) is 0 Å². The smallest absolute Gasteiger partial charge is 0.168 e. The lowest BCUT2D eigenvalue weighted by atomic mass is 9.48. The van der Waals surface area contributed by atoms with Crippen LogP contribution in [0.5, 0.6) is 0 Å². The zero-order valence-corrected chi connectivity index (χ0v) is 18.2. The predicted molar refractivity (Wildman–Crippen MR) is 119 cm³/mol. The third-order valence-electron chi connectivity index (χ3n) is 8.56. The molecule has 4 fully saturated rings. The van der Waals surface area contributed by atoms with E-state index < -0.39 is 0 Å². The van der Waals surface area contributed by atoms with E-state index in [2.05, 4.69) is 59.3 Å². The Bertz CT molecular complexity index is 938. The lowest BCUT2D eigenvalue weighted by Crippen LogP contribution is -2.46. The molecule has 1 unspecified atom stereocenters. The first kappa shape index (κ1) is 18.7. The van der Waals surface area contributed by atoms with Crippen LogP contribution in [0.15, 0.2) is 36.5 Å². The van der Waals surface area contributed by atoms with Gasteiger partial charge in [0.25, 0.3) is 0 Å². The van der Waals surface area contributed by atoms with Crippen molar-refractivity contribution < 1.29 is 4.79 Å². The number of aromatic nitrogens is 2. The number of nitrogens with one attached hydrogen (secondary N) is 1. The molecule has 0 amide bonds. The summed E-state index contributed by atoms with van der Waals surface area (Å²) < 4.78 is 2.05. The Morgan fingerprint density at radius 2 is 1.67 bits per heavy atom. The second-order valence-corrected chi connectivity index (χ2v) is 11.5. The molecule has 1 atom stereocenters. The van der Waals surface area contributed by atoms with Crippen molar-refractivity contribution in [2.75, 3.05) is 5.32 Å². The van der Waals surface area contributed by atoms with E-state index in [0.717, 1.165) is 35.6 Å². The first-order valence-electron chi connectivity index (χ1n) is 11.8. The van der Waals surface area contributed by atoms with E-state index in [9.17, 15) is 4.79 Å². The second-order valence-electron chi connectivity index (χ2n) is 11.5. The van der Waals surface area contributed by atoms with Gasteiger partial charge in [0.2, 0.25) is 0 Å². The molecule has 30 heavy (non-hydrogen) atoms. The summed E-state index contributed by atoms with van der Waals surface area (Å²) in [6, 6.07) is 10.8. The average Bonchev–Trinajstić information content (AvgIpc) is 3.12. The quantitative estimate of drug-likeness (QED) is 0.640. The fraction of sp³-hybridized carbons (Fsp3) is 0.615. The van der Waals surface area contributed by atoms with Crippen LogP contribution in [0.3, 0.4) is 0 Å². The summed E-state index contributed by atoms with van der Waals surface area (Å²) in [5.41, 5.74) is 2.22. The Morgan fingerprint density at radius 1 is 1.03 bits per heavy atom. The van der Waals surface area contributed by atoms with E-state index in [1.165, 1.54) is 44.1 Å². The first-order valence-corrected chi connectivity index (χ1v) is 11.8. The van der Waals surface area contributed by atoms with Crippen LogP contribution in [0.1, 0.15) is 87.2 Å². The van der Waals surface area contributed by atoms with Crippen LogP contribution in [0.4, 0.5) is 5.82 Å². The maximum atomic E-state index is 13.6. The van der Waals surface area contributed by atoms with Gasteiger partial charge < -0.3 is 5.32 Å². The number of rotatable bonds is 4. The molecule has 0 saturated heterocycles. The molecule has 1 aromatic heterocycles. The van der Waals surface area contributed by atoms with Gasteiger partial charge in [-0.25, -0.2) is 4.68 Å². The molecule has 4 heteroatoms. The standard InChI is InChI=1S/C26H33N3O/c1-25(2)14-22(20-6-4-3-5-7-20)28-24-21(16-27-29(24)25)23(30)15-26-11-17-8-18(12-26)10-19(9-17)13-26/h3-7,16-19,22,28H,8-15H2,1-2H3. The van der Waals surface area contributed by atoms with Crippen LogP contribution in [-0.4, -0.2) is 15.6 Å². The molecule has 4 saturated carbocycles. The zero-order valence-electron chi connectivity index (χ0n) is 18.2. The molecule has 0 radical (unpaired) electrons. The van der Waals surface area contributed by atoms with E-state index in [-0.39, 0.29) is 17.0 Å². The Labute approximate surface area is 179 Å². The fourth-order valence-electron chi connectivity index (χ4n) is 7.78. The van der Waals surface area contributed by atoms with Gasteiger partial charge in [0.1, 0.15) is 5.82 Å². The van der Waals surface area contributed by atoms with Gasteiger partial charge in [-0.15, -0.1) is 0 Å². The molecule has 1 N–H and O–H groups in total. The molecule has 1 aromatic carbocycles. The van der Waals surface area contributed by atoms with Crippen LogP contribution in [0, 0.1) is 23.2 Å². The normalized spacial score (nSPS) is 35.7. The maximum absolute atomic E-state index is 13.6. The number of carbonyl (C=O) groups excluding carboxylic acids is 1. The van der Waals surface area contributed by atoms with Crippen LogP contribution in [0.2, 0.25) is 0 Å². The summed E-state index contributed by atoms with van der Waals surface area (Å²) in [6.07, 6.45) is 11.6. The molecule has 1 aliphatic heterocycles. The van der Waals surface area contributed by atoms with Crippen LogP contribution in [-0.2, 0) is 5.54 Å². The van der Waals surface area contributed by atoms with Gasteiger partial charge in [0.15, 0.2) is 5.78 Å². The van der Waals surface area contributed by atoms with Gasteiger partial charge in [-0.3, -0.25) is 4.79 Å². The molecule has 4 bridgehead atoms. The first-order chi connectivity index (χ1) is 14.4. The Kier molecular flexibility index (Phi) is 4.01. The molecular formula is C26H33N3O. The molecular weight excluding hydrogens is 370 g/mol. The van der Waals surface area contributed by atoms with Crippen molar-refractivity contribution >= 4 is 11.6 Å². The third-order valence-corrected chi connectivity index (χ3v) is 8.56. The van der Waals surface area contributed by atoms with Gasteiger partial charge in [-0.1, -0.05) is 30.3 Å². The van der Waals surface area contributed by atoms with Crippen molar-refractivity contribution in [1.82, 2.24) is 9.78 Å². The summed E-state index contributed by atoms with van der Waals surface area (Å²) in [6.45, 7) is 4.46. The highest BCUT2D eigenvalue weighted by molar-refractivity contribution is 6.01. The minimum Gasteiger partial charge on any atom is -0.363 e. The summed E-state index contributed by atoms with van der Waals surface area (Å²) >= 11 is 0. The number of ketones is 1. The number of nitrogens with zero attached hydrogens (tertiary/aromatic N) is 2. The third kappa shape index (κ3) is 2.94. The van der Waals surface area contributed by atoms with Crippen molar-refractivity contribution in [2.45, 2.75) is 76.8 Å². The van der Waals surface area contributed by atoms with Gasteiger partial charge in [0, 0.05) is 6.42 Å². The summed E-state index contributed by atoms with van der Waals surface area (Å²) in [4.78, 5) is 13.6. The van der Waals surface area contributed by atoms with Crippen molar-refractivity contribution in [2.24, 2.45) is 23.2 Å². The van der Waals surface area contributed by atoms with Crippen molar-refractivity contribution in [3.63, 3.8) is 0 Å². The van der Waals surface area contributed by atoms with Crippen LogP contribution >= 0.6 is 0 Å². The zero-order chi connectivity index (χ0) is 20.5. The average molecular weight is 404 g/mol. The van der Waals surface area contributed by atoms with E-state index >= 15 is 0 Å². The van der Waals surface area contributed by atoms with Gasteiger partial charge in [-0.05, 0) is 87.5 Å². The summed E-state index contributed by atoms with van der Waals surface area (Å²) in [5.74, 6) is 3.86. The highest BCUT2D eigenvalue weighted by atomic mass is 16.1. The number of carbonyl (C=O) groups is 1. The second kappa shape index (κ2) is 6.45. The Balaban J connectivity index is 1.29. The minimum atomic E-state index is -0.125. The SMILES string of the molecule is CC1(C)CC(c2ccccc2)Nc2c(C(=O)CC34CC5CC(CC(C5)C3)C4)cnn21. The topological polar surface area (TPSA) is 46.9 Å². The molecule has 7 rings (SSSR count). The van der Waals surface area contributed by atoms with E-state index in [1.807, 2.05) is 6.20 Å². The fourth-order valence-corrected chi connectivity index (χ4v) is 7.78. The van der Waals surface area contributed by atoms with Crippen molar-refractivity contribution in [3.8, 4) is 0 Å². The highest BCUT2D eigenvalue weighted by Gasteiger charge is 2.51. The minimum absolute atomic E-state index is 0.125. The molecule has 158 valence electrons. The van der Waals surface area contributed by atoms with E-state index in [4.69, 9.17) is 0 Å². The van der Waals surface area contributed by atoms with Gasteiger partial charge >= 0.3 is 0 Å². The molecule has 4 aliphatic carbocycles. The number of hydrogen-bond acceptors (Lipinski definition) is 3. The number of Topliss-reactive ketones (excluding diaryl/α,β-unsaturated/α-hetero) is 1. The van der Waals surface area contributed by atoms with Crippen LogP contribution < -0.4 is 5.32 Å². The number of hydrogen-bond donors (Lipinski definition) is 1. The molecule has 4 nitrogen and oxygen atoms in total. The molecule has 2 aromatic rings. The lowest BCUT2D eigenvalue weighted by molar-refractivity contribution is -0.0524. The lowest BCUT2D eigenvalue weighted by Gasteiger charge is -2.56. The molecule has 5 aliphatic rings. The highest BCUT2D eigenvalue weighted by Crippen LogP contribution is 2.61. The maximum Gasteiger partial charge on any atom is 0.168 e. The van der Waals surface area contributed by atoms with E-state index in [0.29, 0.717) is 12.2 Å². The Morgan fingerprint density at radius 3 is 2.30 bits per heavy atom. The van der Waals surface area contributed by atoms with Gasteiger partial charge in [0.05, 0.1) is 23.3 Å². The summed E-state index contributed by atoms with van der Waals surface area (Å²) in [5, 5.41) is 8.37. The number of anilines is 1. The van der Waals surface area contributed by atoms with Crippen molar-refractivity contribution in [1.29, 1.82) is 0 Å².